The zero-order valence-electron chi connectivity index (χ0n) is 21.6. The molecule has 0 amide bonds. The predicted molar refractivity (Wildman–Crippen MR) is 121 cm³/mol. The monoisotopic (exact) mass is 592 g/mol. The number of ether oxygens (including phenoxy) is 4. The summed E-state index contributed by atoms with van der Waals surface area (Å²) in [4.78, 5) is 80.7. The molecule has 0 aliphatic rings. The lowest BCUT2D eigenvalue weighted by Crippen LogP contribution is -2.24. The summed E-state index contributed by atoms with van der Waals surface area (Å²) in [5, 5.41) is 66.8. The van der Waals surface area contributed by atoms with Crippen LogP contribution in [-0.2, 0) is 57.3 Å². The Balaban J connectivity index is -0.000000216. The molecule has 0 saturated heterocycles. The van der Waals surface area contributed by atoms with Crippen LogP contribution in [0.3, 0.4) is 0 Å². The molecule has 0 aliphatic carbocycles. The molecule has 0 spiro atoms. The first-order valence-electron chi connectivity index (χ1n) is 10.2. The van der Waals surface area contributed by atoms with Gasteiger partial charge in [-0.3, -0.25) is 19.2 Å². The molecule has 0 aromatic rings. The first-order chi connectivity index (χ1) is 18.3. The Labute approximate surface area is 225 Å². The number of esters is 4. The third kappa shape index (κ3) is 28.2. The molecule has 0 heterocycles. The number of aliphatic hydroxyl groups is 4. The summed E-state index contributed by atoms with van der Waals surface area (Å²) >= 11 is 0. The van der Waals surface area contributed by atoms with E-state index in [9.17, 15) is 38.4 Å². The Bertz CT molecular complexity index is 700. The lowest BCUT2D eigenvalue weighted by atomic mass is 10.3. The maximum absolute atomic E-state index is 10.3. The Hall–Kier alpha value is -4.40. The molecule has 4 unspecified atom stereocenters. The lowest BCUT2D eigenvalue weighted by Gasteiger charge is -2.03. The number of carboxylic acids is 4. The smallest absolute Gasteiger partial charge is 0.335 e. The SMILES string of the molecule is COC(=O)C(O)CC(=O)O.COC(=O)C(O)CC(=O)O.COC(=O)C(O)CC(=O)O.COC(=O)C(O)CC(=O)O. The fourth-order valence-electron chi connectivity index (χ4n) is 1.54. The molecular formula is C20H32O20. The molecule has 4 atom stereocenters. The van der Waals surface area contributed by atoms with E-state index in [0.717, 1.165) is 28.4 Å². The Kier molecular flexibility index (Phi) is 26.6. The van der Waals surface area contributed by atoms with E-state index in [-0.39, 0.29) is 0 Å². The topological polar surface area (TPSA) is 335 Å². The molecule has 0 aromatic carbocycles. The van der Waals surface area contributed by atoms with Gasteiger partial charge in [-0.25, -0.2) is 19.2 Å². The normalized spacial score (nSPS) is 12.2. The van der Waals surface area contributed by atoms with Gasteiger partial charge in [-0.2, -0.15) is 0 Å². The maximum atomic E-state index is 10.3. The summed E-state index contributed by atoms with van der Waals surface area (Å²) in [5.41, 5.74) is 0. The molecule has 0 aliphatic heterocycles. The Morgan fingerprint density at radius 2 is 0.525 bits per heavy atom. The predicted octanol–water partition coefficient (Wildman–Crippen LogP) is -4.02. The summed E-state index contributed by atoms with van der Waals surface area (Å²) in [6.45, 7) is 0. The second-order valence-corrected chi connectivity index (χ2v) is 6.55. The van der Waals surface area contributed by atoms with E-state index in [0.29, 0.717) is 0 Å². The zero-order chi connectivity index (χ0) is 32.6. The third-order valence-electron chi connectivity index (χ3n) is 3.36. The van der Waals surface area contributed by atoms with Gasteiger partial charge in [-0.15, -0.1) is 0 Å². The van der Waals surface area contributed by atoms with Crippen molar-refractivity contribution in [3.8, 4) is 0 Å². The van der Waals surface area contributed by atoms with Gasteiger partial charge < -0.3 is 59.8 Å². The Morgan fingerprint density at radius 3 is 0.600 bits per heavy atom. The minimum absolute atomic E-state index is 0.618. The van der Waals surface area contributed by atoms with Crippen LogP contribution in [0.2, 0.25) is 0 Å². The highest BCUT2D eigenvalue weighted by Crippen LogP contribution is 1.95. The van der Waals surface area contributed by atoms with Gasteiger partial charge in [0.1, 0.15) is 0 Å². The van der Waals surface area contributed by atoms with Crippen LogP contribution in [0.4, 0.5) is 0 Å². The molecule has 0 rings (SSSR count). The quantitative estimate of drug-likeness (QED) is 0.0789. The lowest BCUT2D eigenvalue weighted by molar-refractivity contribution is -0.155. The second-order valence-electron chi connectivity index (χ2n) is 6.55. The van der Waals surface area contributed by atoms with Crippen LogP contribution < -0.4 is 0 Å². The fourth-order valence-corrected chi connectivity index (χ4v) is 1.54. The van der Waals surface area contributed by atoms with E-state index in [1.165, 1.54) is 0 Å². The molecule has 20 nitrogen and oxygen atoms in total. The number of aliphatic carboxylic acids is 4. The number of rotatable bonds is 12. The van der Waals surface area contributed by atoms with Gasteiger partial charge >= 0.3 is 47.8 Å². The highest BCUT2D eigenvalue weighted by atomic mass is 16.6. The van der Waals surface area contributed by atoms with E-state index in [1.807, 2.05) is 0 Å². The van der Waals surface area contributed by atoms with Gasteiger partial charge in [-0.05, 0) is 0 Å². The van der Waals surface area contributed by atoms with Gasteiger partial charge in [-0.1, -0.05) is 0 Å². The van der Waals surface area contributed by atoms with Crippen LogP contribution in [0.5, 0.6) is 0 Å². The molecule has 20 heteroatoms. The Morgan fingerprint density at radius 1 is 0.400 bits per heavy atom. The van der Waals surface area contributed by atoms with Crippen molar-refractivity contribution in [3.05, 3.63) is 0 Å². The number of hydrogen-bond donors (Lipinski definition) is 8. The number of carbonyl (C=O) groups excluding carboxylic acids is 4. The number of carbonyl (C=O) groups is 8. The van der Waals surface area contributed by atoms with Crippen LogP contribution in [0.15, 0.2) is 0 Å². The molecule has 40 heavy (non-hydrogen) atoms. The minimum Gasteiger partial charge on any atom is -0.481 e. The van der Waals surface area contributed by atoms with Crippen molar-refractivity contribution < 1.29 is 98.2 Å². The first kappa shape index (κ1) is 42.7. The van der Waals surface area contributed by atoms with Crippen LogP contribution in [-0.4, -0.2) is 141 Å². The van der Waals surface area contributed by atoms with E-state index in [2.05, 4.69) is 18.9 Å². The minimum atomic E-state index is -1.55. The van der Waals surface area contributed by atoms with Crippen LogP contribution in [0.1, 0.15) is 25.7 Å². The maximum Gasteiger partial charge on any atom is 0.335 e. The summed E-state index contributed by atoms with van der Waals surface area (Å²) in [7, 11) is 4.31. The summed E-state index contributed by atoms with van der Waals surface area (Å²) in [5.74, 6) is -8.67. The van der Waals surface area contributed by atoms with Gasteiger partial charge in [0.05, 0.1) is 54.1 Å². The van der Waals surface area contributed by atoms with Crippen molar-refractivity contribution in [3.63, 3.8) is 0 Å². The van der Waals surface area contributed by atoms with Crippen molar-refractivity contribution >= 4 is 47.8 Å². The number of methoxy groups -OCH3 is 4. The molecule has 0 bridgehead atoms. The molecule has 0 radical (unpaired) electrons. The van der Waals surface area contributed by atoms with Gasteiger partial charge in [0.25, 0.3) is 0 Å². The van der Waals surface area contributed by atoms with Gasteiger partial charge in [0.15, 0.2) is 24.4 Å². The van der Waals surface area contributed by atoms with E-state index in [4.69, 9.17) is 40.9 Å². The van der Waals surface area contributed by atoms with Crippen molar-refractivity contribution in [1.82, 2.24) is 0 Å². The van der Waals surface area contributed by atoms with Crippen molar-refractivity contribution in [2.24, 2.45) is 0 Å². The number of aliphatic hydroxyl groups excluding tert-OH is 4. The third-order valence-corrected chi connectivity index (χ3v) is 3.36. The van der Waals surface area contributed by atoms with Crippen molar-refractivity contribution in [2.75, 3.05) is 28.4 Å². The highest BCUT2D eigenvalue weighted by Gasteiger charge is 2.20. The van der Waals surface area contributed by atoms with E-state index >= 15 is 0 Å². The van der Waals surface area contributed by atoms with Gasteiger partial charge in [0, 0.05) is 0 Å². The van der Waals surface area contributed by atoms with Crippen LogP contribution in [0, 0.1) is 0 Å². The largest absolute Gasteiger partial charge is 0.481 e. The average molecular weight is 592 g/mol. The van der Waals surface area contributed by atoms with Crippen molar-refractivity contribution in [2.45, 2.75) is 50.1 Å². The molecule has 8 N–H and O–H groups in total. The molecule has 0 fully saturated rings. The van der Waals surface area contributed by atoms with Crippen LogP contribution in [0.25, 0.3) is 0 Å². The molecule has 0 saturated carbocycles. The van der Waals surface area contributed by atoms with Crippen molar-refractivity contribution in [1.29, 1.82) is 0 Å². The molecule has 232 valence electrons. The average Bonchev–Trinajstić information content (AvgIpc) is 2.85. The van der Waals surface area contributed by atoms with Crippen LogP contribution >= 0.6 is 0 Å². The summed E-state index contributed by atoms with van der Waals surface area (Å²) in [6.07, 6.45) is -8.69. The summed E-state index contributed by atoms with van der Waals surface area (Å²) < 4.78 is 16.2. The molecular weight excluding hydrogens is 560 g/mol. The highest BCUT2D eigenvalue weighted by molar-refractivity contribution is 5.82. The zero-order valence-corrected chi connectivity index (χ0v) is 21.6. The second kappa shape index (κ2) is 24.9. The fraction of sp³-hybridized carbons (Fsp3) is 0.600. The van der Waals surface area contributed by atoms with Gasteiger partial charge in [0.2, 0.25) is 0 Å². The number of carboxylic acid groups (broad SMARTS) is 4. The van der Waals surface area contributed by atoms with E-state index < -0.39 is 97.9 Å². The number of hydrogen-bond acceptors (Lipinski definition) is 16. The standard InChI is InChI=1S/4C5H8O5/c4*1-10-5(9)3(6)2-4(7)8/h4*3,6H,2H2,1H3,(H,7,8). The van der Waals surface area contributed by atoms with E-state index in [1.54, 1.807) is 0 Å². The first-order valence-corrected chi connectivity index (χ1v) is 10.2. The molecule has 0 aromatic heterocycles. The summed E-state index contributed by atoms with van der Waals surface area (Å²) in [6, 6.07) is 0.